The number of anilines is 1. The summed E-state index contributed by atoms with van der Waals surface area (Å²) < 4.78 is 0. The average Bonchev–Trinajstić information content (AvgIpc) is 2.32. The van der Waals surface area contributed by atoms with Gasteiger partial charge in [0.25, 0.3) is 0 Å². The Morgan fingerprint density at radius 1 is 1.50 bits per heavy atom. The largest absolute Gasteiger partial charge is 0.477 e. The normalized spacial score (nSPS) is 22.4. The van der Waals surface area contributed by atoms with Crippen molar-refractivity contribution in [1.82, 2.24) is 9.97 Å². The molecule has 2 rings (SSSR count). The maximum atomic E-state index is 11.1. The molecule has 98 valence electrons. The monoisotopic (exact) mass is 249 g/mol. The Bertz CT molecular complexity index is 446. The fourth-order valence-corrected chi connectivity index (χ4v) is 2.53. The minimum Gasteiger partial charge on any atom is -0.477 e. The van der Waals surface area contributed by atoms with E-state index < -0.39 is 5.97 Å². The second-order valence-electron chi connectivity index (χ2n) is 5.52. The lowest BCUT2D eigenvalue weighted by Gasteiger charge is -2.39. The zero-order chi connectivity index (χ0) is 13.2. The van der Waals surface area contributed by atoms with E-state index >= 15 is 0 Å². The molecule has 1 aliphatic rings. The van der Waals surface area contributed by atoms with Crippen molar-refractivity contribution in [2.24, 2.45) is 5.41 Å². The summed E-state index contributed by atoms with van der Waals surface area (Å²) in [5, 5.41) is 12.4. The highest BCUT2D eigenvalue weighted by Gasteiger charge is 2.33. The van der Waals surface area contributed by atoms with Crippen LogP contribution in [-0.4, -0.2) is 27.1 Å². The van der Waals surface area contributed by atoms with Crippen molar-refractivity contribution < 1.29 is 9.90 Å². The van der Waals surface area contributed by atoms with Crippen molar-refractivity contribution in [2.45, 2.75) is 45.6 Å². The van der Waals surface area contributed by atoms with Crippen molar-refractivity contribution in [2.75, 3.05) is 5.32 Å². The van der Waals surface area contributed by atoms with E-state index in [0.29, 0.717) is 5.82 Å². The first-order valence-electron chi connectivity index (χ1n) is 6.30. The molecule has 0 saturated heterocycles. The molecule has 5 heteroatoms. The molecule has 0 spiro atoms. The smallest absolute Gasteiger partial charge is 0.341 e. The maximum absolute atomic E-state index is 11.1. The van der Waals surface area contributed by atoms with E-state index in [-0.39, 0.29) is 17.0 Å². The molecule has 2 N–H and O–H groups in total. The van der Waals surface area contributed by atoms with Crippen molar-refractivity contribution >= 4 is 11.8 Å². The van der Waals surface area contributed by atoms with E-state index in [1.54, 1.807) is 0 Å². The van der Waals surface area contributed by atoms with Gasteiger partial charge in [-0.2, -0.15) is 0 Å². The number of rotatable bonds is 3. The third-order valence-corrected chi connectivity index (χ3v) is 3.76. The minimum absolute atomic E-state index is 0.138. The van der Waals surface area contributed by atoms with E-state index in [9.17, 15) is 4.79 Å². The number of aromatic nitrogens is 2. The van der Waals surface area contributed by atoms with Gasteiger partial charge in [-0.05, 0) is 18.3 Å². The standard InChI is InChI=1S/C13H19N3O2/c1-13(2)6-4-3-5-10(13)16-11-9(12(17)18)7-14-8-15-11/h7-8,10H,3-6H2,1-2H3,(H,17,18)(H,14,15,16). The second-order valence-corrected chi connectivity index (χ2v) is 5.52. The number of carbonyl (C=O) groups is 1. The van der Waals surface area contributed by atoms with Crippen LogP contribution in [0.2, 0.25) is 0 Å². The quantitative estimate of drug-likeness (QED) is 0.861. The summed E-state index contributed by atoms with van der Waals surface area (Å²) in [4.78, 5) is 18.9. The Labute approximate surface area is 107 Å². The number of hydrogen-bond donors (Lipinski definition) is 2. The van der Waals surface area contributed by atoms with Gasteiger partial charge in [-0.1, -0.05) is 26.7 Å². The number of hydrogen-bond acceptors (Lipinski definition) is 4. The van der Waals surface area contributed by atoms with Crippen LogP contribution >= 0.6 is 0 Å². The summed E-state index contributed by atoms with van der Waals surface area (Å²) in [5.41, 5.74) is 0.303. The minimum atomic E-state index is -0.994. The van der Waals surface area contributed by atoms with Crippen LogP contribution in [0.5, 0.6) is 0 Å². The van der Waals surface area contributed by atoms with E-state index in [0.717, 1.165) is 12.8 Å². The summed E-state index contributed by atoms with van der Waals surface area (Å²) >= 11 is 0. The van der Waals surface area contributed by atoms with Gasteiger partial charge >= 0.3 is 5.97 Å². The molecular formula is C13H19N3O2. The summed E-state index contributed by atoms with van der Waals surface area (Å²) in [6, 6.07) is 0.263. The topological polar surface area (TPSA) is 75.1 Å². The van der Waals surface area contributed by atoms with Crippen molar-refractivity contribution in [1.29, 1.82) is 0 Å². The Hall–Kier alpha value is -1.65. The first-order valence-corrected chi connectivity index (χ1v) is 6.30. The van der Waals surface area contributed by atoms with Crippen LogP contribution in [0.3, 0.4) is 0 Å². The first kappa shape index (κ1) is 12.8. The molecule has 1 heterocycles. The summed E-state index contributed by atoms with van der Waals surface area (Å²) in [7, 11) is 0. The highest BCUT2D eigenvalue weighted by Crippen LogP contribution is 2.37. The Balaban J connectivity index is 2.21. The third-order valence-electron chi connectivity index (χ3n) is 3.76. The summed E-state index contributed by atoms with van der Waals surface area (Å²) in [6.45, 7) is 4.43. The lowest BCUT2D eigenvalue weighted by atomic mass is 9.73. The molecule has 1 unspecified atom stereocenters. The zero-order valence-corrected chi connectivity index (χ0v) is 10.8. The highest BCUT2D eigenvalue weighted by molar-refractivity contribution is 5.92. The Kier molecular flexibility index (Phi) is 3.50. The molecule has 0 amide bonds. The number of nitrogens with one attached hydrogen (secondary N) is 1. The van der Waals surface area contributed by atoms with Crippen LogP contribution in [0.25, 0.3) is 0 Å². The second kappa shape index (κ2) is 4.92. The fraction of sp³-hybridized carbons (Fsp3) is 0.615. The van der Waals surface area contributed by atoms with Crippen molar-refractivity contribution in [3.05, 3.63) is 18.1 Å². The molecule has 5 nitrogen and oxygen atoms in total. The van der Waals surface area contributed by atoms with E-state index in [1.807, 2.05) is 0 Å². The van der Waals surface area contributed by atoms with Crippen LogP contribution in [0, 0.1) is 5.41 Å². The molecule has 1 aromatic rings. The number of carboxylic acids is 1. The Morgan fingerprint density at radius 3 is 2.94 bits per heavy atom. The van der Waals surface area contributed by atoms with Crippen LogP contribution in [-0.2, 0) is 0 Å². The van der Waals surface area contributed by atoms with Crippen molar-refractivity contribution in [3.8, 4) is 0 Å². The summed E-state index contributed by atoms with van der Waals surface area (Å²) in [5.74, 6) is -0.566. The predicted molar refractivity (Wildman–Crippen MR) is 68.7 cm³/mol. The zero-order valence-electron chi connectivity index (χ0n) is 10.8. The SMILES string of the molecule is CC1(C)CCCCC1Nc1ncncc1C(=O)O. The molecule has 1 fully saturated rings. The van der Waals surface area contributed by atoms with E-state index in [2.05, 4.69) is 29.1 Å². The van der Waals surface area contributed by atoms with Crippen LogP contribution < -0.4 is 5.32 Å². The van der Waals surface area contributed by atoms with Crippen molar-refractivity contribution in [3.63, 3.8) is 0 Å². The lowest BCUT2D eigenvalue weighted by Crippen LogP contribution is -2.39. The van der Waals surface area contributed by atoms with Crippen LogP contribution in [0.1, 0.15) is 49.9 Å². The van der Waals surface area contributed by atoms with E-state index in [4.69, 9.17) is 5.11 Å². The molecule has 0 aliphatic heterocycles. The molecule has 1 saturated carbocycles. The molecule has 1 atom stereocenters. The maximum Gasteiger partial charge on any atom is 0.341 e. The summed E-state index contributed by atoms with van der Waals surface area (Å²) in [6.07, 6.45) is 7.33. The number of carboxylic acid groups (broad SMARTS) is 1. The Morgan fingerprint density at radius 2 is 2.28 bits per heavy atom. The molecule has 1 aliphatic carbocycles. The molecule has 18 heavy (non-hydrogen) atoms. The average molecular weight is 249 g/mol. The van der Waals surface area contributed by atoms with Crippen LogP contribution in [0.4, 0.5) is 5.82 Å². The molecule has 0 radical (unpaired) electrons. The molecule has 1 aromatic heterocycles. The van der Waals surface area contributed by atoms with Gasteiger partial charge in [0.1, 0.15) is 17.7 Å². The van der Waals surface area contributed by atoms with Gasteiger partial charge in [0.2, 0.25) is 0 Å². The third kappa shape index (κ3) is 2.60. The van der Waals surface area contributed by atoms with Gasteiger partial charge < -0.3 is 10.4 Å². The van der Waals surface area contributed by atoms with Gasteiger partial charge in [0.15, 0.2) is 0 Å². The highest BCUT2D eigenvalue weighted by atomic mass is 16.4. The molecule has 0 bridgehead atoms. The van der Waals surface area contributed by atoms with E-state index in [1.165, 1.54) is 25.4 Å². The van der Waals surface area contributed by atoms with Gasteiger partial charge in [0.05, 0.1) is 0 Å². The molecule has 0 aromatic carbocycles. The van der Waals surface area contributed by atoms with Gasteiger partial charge in [-0.15, -0.1) is 0 Å². The number of aromatic carboxylic acids is 1. The fourth-order valence-electron chi connectivity index (χ4n) is 2.53. The first-order chi connectivity index (χ1) is 8.50. The van der Waals surface area contributed by atoms with Gasteiger partial charge in [-0.25, -0.2) is 14.8 Å². The van der Waals surface area contributed by atoms with Gasteiger partial charge in [0, 0.05) is 12.2 Å². The number of nitrogens with zero attached hydrogens (tertiary/aromatic N) is 2. The van der Waals surface area contributed by atoms with Gasteiger partial charge in [-0.3, -0.25) is 0 Å². The lowest BCUT2D eigenvalue weighted by molar-refractivity contribution is 0.0696. The molecular weight excluding hydrogens is 230 g/mol. The predicted octanol–water partition coefficient (Wildman–Crippen LogP) is 2.56. The van der Waals surface area contributed by atoms with Crippen LogP contribution in [0.15, 0.2) is 12.5 Å².